The van der Waals surface area contributed by atoms with Gasteiger partial charge in [0, 0.05) is 16.3 Å². The van der Waals surface area contributed by atoms with E-state index in [0.29, 0.717) is 11.6 Å². The van der Waals surface area contributed by atoms with E-state index in [-0.39, 0.29) is 6.42 Å². The van der Waals surface area contributed by atoms with Crippen LogP contribution in [0, 0.1) is 13.8 Å². The maximum atomic E-state index is 10.6. The van der Waals surface area contributed by atoms with Gasteiger partial charge >= 0.3 is 5.97 Å². The molecule has 0 aromatic carbocycles. The minimum Gasteiger partial charge on any atom is -0.481 e. The van der Waals surface area contributed by atoms with Crippen LogP contribution in [0.3, 0.4) is 0 Å². The minimum atomic E-state index is -0.856. The Kier molecular flexibility index (Phi) is 3.52. The number of halogens is 1. The second-order valence-electron chi connectivity index (χ2n) is 3.39. The summed E-state index contributed by atoms with van der Waals surface area (Å²) in [4.78, 5) is 10.6. The van der Waals surface area contributed by atoms with E-state index in [1.807, 2.05) is 6.92 Å². The lowest BCUT2D eigenvalue weighted by molar-refractivity contribution is -0.136. The number of carboxylic acids is 1. The van der Waals surface area contributed by atoms with Gasteiger partial charge in [-0.2, -0.15) is 5.10 Å². The highest BCUT2D eigenvalue weighted by Crippen LogP contribution is 2.15. The average Bonchev–Trinajstić information content (AvgIpc) is 2.31. The summed E-state index contributed by atoms with van der Waals surface area (Å²) in [5.74, 6) is -0.856. The van der Waals surface area contributed by atoms with E-state index in [1.165, 1.54) is 0 Å². The van der Waals surface area contributed by atoms with Crippen molar-refractivity contribution in [2.24, 2.45) is 0 Å². The molecular weight excluding hydrogens is 216 g/mol. The van der Waals surface area contributed by atoms with Crippen molar-refractivity contribution in [2.75, 3.05) is 0 Å². The quantitative estimate of drug-likeness (QED) is 0.856. The highest BCUT2D eigenvalue weighted by Gasteiger charge is 2.14. The SMILES string of the molecule is C=C(Cl)Cn1nc(C)c(CC(=O)O)c1C. The van der Waals surface area contributed by atoms with Crippen molar-refractivity contribution in [3.8, 4) is 0 Å². The Morgan fingerprint density at radius 2 is 2.20 bits per heavy atom. The van der Waals surface area contributed by atoms with Gasteiger partial charge in [0.2, 0.25) is 0 Å². The molecule has 0 saturated heterocycles. The summed E-state index contributed by atoms with van der Waals surface area (Å²) in [5, 5.41) is 13.4. The van der Waals surface area contributed by atoms with Gasteiger partial charge in [0.1, 0.15) is 0 Å². The van der Waals surface area contributed by atoms with Crippen LogP contribution in [0.4, 0.5) is 0 Å². The fourth-order valence-corrected chi connectivity index (χ4v) is 1.57. The van der Waals surface area contributed by atoms with E-state index in [9.17, 15) is 4.79 Å². The number of hydrogen-bond donors (Lipinski definition) is 1. The van der Waals surface area contributed by atoms with Crippen molar-refractivity contribution in [2.45, 2.75) is 26.8 Å². The Morgan fingerprint density at radius 3 is 2.67 bits per heavy atom. The molecule has 1 rings (SSSR count). The first-order valence-electron chi connectivity index (χ1n) is 4.49. The number of aryl methyl sites for hydroxylation is 1. The standard InChI is InChI=1S/C10H13ClN2O2/c1-6(11)5-13-8(3)9(4-10(14)15)7(2)12-13/h1,4-5H2,2-3H3,(H,14,15). The molecule has 1 aromatic rings. The van der Waals surface area contributed by atoms with Crippen LogP contribution in [-0.2, 0) is 17.8 Å². The summed E-state index contributed by atoms with van der Waals surface area (Å²) in [6.07, 6.45) is -0.00751. The summed E-state index contributed by atoms with van der Waals surface area (Å²) in [6, 6.07) is 0. The summed E-state index contributed by atoms with van der Waals surface area (Å²) in [7, 11) is 0. The lowest BCUT2D eigenvalue weighted by Gasteiger charge is -2.02. The first kappa shape index (κ1) is 11.8. The van der Waals surface area contributed by atoms with Crippen LogP contribution in [0.5, 0.6) is 0 Å². The topological polar surface area (TPSA) is 55.1 Å². The number of aliphatic carboxylic acids is 1. The molecule has 1 N–H and O–H groups in total. The Bertz CT molecular complexity index is 410. The predicted molar refractivity (Wildman–Crippen MR) is 58.0 cm³/mol. The fraction of sp³-hybridized carbons (Fsp3) is 0.400. The minimum absolute atomic E-state index is 0.00751. The highest BCUT2D eigenvalue weighted by molar-refractivity contribution is 6.29. The first-order valence-corrected chi connectivity index (χ1v) is 4.87. The second-order valence-corrected chi connectivity index (χ2v) is 3.93. The molecule has 0 atom stereocenters. The molecule has 0 radical (unpaired) electrons. The van der Waals surface area contributed by atoms with Crippen LogP contribution in [0.15, 0.2) is 11.6 Å². The monoisotopic (exact) mass is 228 g/mol. The van der Waals surface area contributed by atoms with Gasteiger partial charge in [0.25, 0.3) is 0 Å². The fourth-order valence-electron chi connectivity index (χ4n) is 1.46. The molecule has 15 heavy (non-hydrogen) atoms. The summed E-state index contributed by atoms with van der Waals surface area (Å²) in [5.41, 5.74) is 2.31. The van der Waals surface area contributed by atoms with Gasteiger partial charge < -0.3 is 5.11 Å². The van der Waals surface area contributed by atoms with E-state index >= 15 is 0 Å². The van der Waals surface area contributed by atoms with Crippen LogP contribution >= 0.6 is 11.6 Å². The van der Waals surface area contributed by atoms with Crippen molar-refractivity contribution in [1.82, 2.24) is 9.78 Å². The third-order valence-electron chi connectivity index (χ3n) is 2.18. The lowest BCUT2D eigenvalue weighted by Crippen LogP contribution is -2.05. The van der Waals surface area contributed by atoms with Crippen molar-refractivity contribution in [3.05, 3.63) is 28.6 Å². The summed E-state index contributed by atoms with van der Waals surface area (Å²) < 4.78 is 1.67. The molecule has 0 fully saturated rings. The number of aromatic nitrogens is 2. The third kappa shape index (κ3) is 2.83. The molecule has 0 aliphatic rings. The van der Waals surface area contributed by atoms with Crippen LogP contribution in [0.25, 0.3) is 0 Å². The van der Waals surface area contributed by atoms with Crippen LogP contribution in [0.2, 0.25) is 0 Å². The smallest absolute Gasteiger partial charge is 0.307 e. The van der Waals surface area contributed by atoms with E-state index in [2.05, 4.69) is 11.7 Å². The molecule has 0 aliphatic heterocycles. The zero-order valence-corrected chi connectivity index (χ0v) is 9.51. The Hall–Kier alpha value is -1.29. The molecule has 1 aromatic heterocycles. The molecule has 0 spiro atoms. The number of carboxylic acid groups (broad SMARTS) is 1. The Balaban J connectivity index is 3.03. The van der Waals surface area contributed by atoms with Crippen molar-refractivity contribution in [3.63, 3.8) is 0 Å². The maximum absolute atomic E-state index is 10.6. The molecule has 82 valence electrons. The van der Waals surface area contributed by atoms with Gasteiger partial charge in [-0.15, -0.1) is 0 Å². The molecule has 5 heteroatoms. The maximum Gasteiger partial charge on any atom is 0.307 e. The van der Waals surface area contributed by atoms with E-state index in [1.54, 1.807) is 11.6 Å². The van der Waals surface area contributed by atoms with Crippen LogP contribution < -0.4 is 0 Å². The Morgan fingerprint density at radius 1 is 1.60 bits per heavy atom. The van der Waals surface area contributed by atoms with Gasteiger partial charge in [-0.1, -0.05) is 18.2 Å². The molecule has 0 amide bonds. The van der Waals surface area contributed by atoms with Crippen molar-refractivity contribution < 1.29 is 9.90 Å². The molecule has 0 aliphatic carbocycles. The zero-order chi connectivity index (χ0) is 11.6. The van der Waals surface area contributed by atoms with E-state index in [4.69, 9.17) is 16.7 Å². The largest absolute Gasteiger partial charge is 0.481 e. The zero-order valence-electron chi connectivity index (χ0n) is 8.75. The molecule has 0 saturated carbocycles. The molecule has 0 bridgehead atoms. The molecule has 0 unspecified atom stereocenters. The average molecular weight is 229 g/mol. The third-order valence-corrected chi connectivity index (χ3v) is 2.30. The molecule has 4 nitrogen and oxygen atoms in total. The first-order chi connectivity index (χ1) is 6.91. The van der Waals surface area contributed by atoms with Gasteiger partial charge in [0.05, 0.1) is 18.7 Å². The van der Waals surface area contributed by atoms with Gasteiger partial charge in [-0.25, -0.2) is 0 Å². The van der Waals surface area contributed by atoms with Crippen molar-refractivity contribution in [1.29, 1.82) is 0 Å². The second kappa shape index (κ2) is 4.49. The Labute approximate surface area is 93.2 Å². The van der Waals surface area contributed by atoms with Gasteiger partial charge in [0.15, 0.2) is 0 Å². The predicted octanol–water partition coefficient (Wildman–Crippen LogP) is 1.88. The van der Waals surface area contributed by atoms with E-state index in [0.717, 1.165) is 17.0 Å². The van der Waals surface area contributed by atoms with E-state index < -0.39 is 5.97 Å². The normalized spacial score (nSPS) is 10.3. The van der Waals surface area contributed by atoms with Gasteiger partial charge in [-0.05, 0) is 13.8 Å². The number of rotatable bonds is 4. The van der Waals surface area contributed by atoms with Gasteiger partial charge in [-0.3, -0.25) is 9.48 Å². The summed E-state index contributed by atoms with van der Waals surface area (Å²) in [6.45, 7) is 7.61. The lowest BCUT2D eigenvalue weighted by atomic mass is 10.1. The number of carbonyl (C=O) groups is 1. The van der Waals surface area contributed by atoms with Crippen LogP contribution in [-0.4, -0.2) is 20.9 Å². The van der Waals surface area contributed by atoms with Crippen molar-refractivity contribution >= 4 is 17.6 Å². The number of nitrogens with zero attached hydrogens (tertiary/aromatic N) is 2. The summed E-state index contributed by atoms with van der Waals surface area (Å²) >= 11 is 5.68. The molecular formula is C10H13ClN2O2. The molecule has 1 heterocycles. The number of allylic oxidation sites excluding steroid dienone is 1. The highest BCUT2D eigenvalue weighted by atomic mass is 35.5. The van der Waals surface area contributed by atoms with Crippen LogP contribution in [0.1, 0.15) is 17.0 Å². The number of hydrogen-bond acceptors (Lipinski definition) is 2.